The number of carboxylic acid groups (broad SMARTS) is 1. The van der Waals surface area contributed by atoms with E-state index in [1.807, 2.05) is 0 Å². The lowest BCUT2D eigenvalue weighted by Gasteiger charge is -2.34. The van der Waals surface area contributed by atoms with E-state index in [-0.39, 0.29) is 0 Å². The molecule has 0 bridgehead atoms. The number of carbonyl (C=O) groups is 1. The Hall–Kier alpha value is -1.67. The number of hydrogen-bond acceptors (Lipinski definition) is 4. The second-order valence-corrected chi connectivity index (χ2v) is 8.08. The van der Waals surface area contributed by atoms with E-state index in [4.69, 9.17) is 0 Å². The van der Waals surface area contributed by atoms with Gasteiger partial charge >= 0.3 is 6.09 Å². The van der Waals surface area contributed by atoms with Crippen molar-refractivity contribution in [2.45, 2.75) is 43.9 Å². The molecule has 1 fully saturated rings. The van der Waals surface area contributed by atoms with Gasteiger partial charge in [0, 0.05) is 12.4 Å². The first-order chi connectivity index (χ1) is 9.60. The molecule has 0 atom stereocenters. The van der Waals surface area contributed by atoms with Gasteiger partial charge in [-0.25, -0.2) is 18.2 Å². The predicted molar refractivity (Wildman–Crippen MR) is 76.8 cm³/mol. The van der Waals surface area contributed by atoms with Crippen LogP contribution in [0.1, 0.15) is 39.2 Å². The van der Waals surface area contributed by atoms with Crippen molar-refractivity contribution in [3.8, 4) is 0 Å². The maximum absolute atomic E-state index is 12.6. The van der Waals surface area contributed by atoms with Crippen LogP contribution in [0.4, 0.5) is 4.79 Å². The van der Waals surface area contributed by atoms with Crippen LogP contribution in [-0.2, 0) is 14.8 Å². The standard InChI is InChI=1S/C13H19N3O4S/c1-12(2,3)16(11(17)18)15-21(19,20)13(6-7-13)10-4-8-14-9-5-10/h4-5,8-9,15H,6-7H2,1-3H3,(H,17,18). The van der Waals surface area contributed by atoms with E-state index >= 15 is 0 Å². The maximum atomic E-state index is 12.6. The fraction of sp³-hybridized carbons (Fsp3) is 0.538. The Kier molecular flexibility index (Phi) is 3.71. The van der Waals surface area contributed by atoms with Gasteiger partial charge in [-0.1, -0.05) is 0 Å². The van der Waals surface area contributed by atoms with Gasteiger partial charge < -0.3 is 5.11 Å². The zero-order chi connectivity index (χ0) is 15.9. The van der Waals surface area contributed by atoms with Crippen molar-refractivity contribution in [3.05, 3.63) is 30.1 Å². The SMILES string of the molecule is CC(C)(C)N(NS(=O)(=O)C1(c2ccncc2)CC1)C(=O)O. The third-order valence-corrected chi connectivity index (χ3v) is 5.59. The summed E-state index contributed by atoms with van der Waals surface area (Å²) >= 11 is 0. The molecule has 1 aliphatic rings. The van der Waals surface area contributed by atoms with Crippen molar-refractivity contribution in [2.24, 2.45) is 0 Å². The lowest BCUT2D eigenvalue weighted by Crippen LogP contribution is -2.57. The summed E-state index contributed by atoms with van der Waals surface area (Å²) in [6.45, 7) is 4.86. The van der Waals surface area contributed by atoms with Crippen molar-refractivity contribution in [1.29, 1.82) is 0 Å². The molecule has 0 radical (unpaired) electrons. The van der Waals surface area contributed by atoms with Crippen molar-refractivity contribution < 1.29 is 18.3 Å². The van der Waals surface area contributed by atoms with Gasteiger partial charge in [-0.3, -0.25) is 4.98 Å². The third kappa shape index (κ3) is 2.86. The molecule has 1 saturated carbocycles. The van der Waals surface area contributed by atoms with E-state index in [1.165, 1.54) is 12.4 Å². The number of rotatable bonds is 4. The van der Waals surface area contributed by atoms with Crippen LogP contribution in [0.5, 0.6) is 0 Å². The summed E-state index contributed by atoms with van der Waals surface area (Å²) in [5.41, 5.74) is -0.253. The number of amides is 1. The second-order valence-electron chi connectivity index (χ2n) is 6.11. The largest absolute Gasteiger partial charge is 0.464 e. The average Bonchev–Trinajstić information content (AvgIpc) is 3.17. The normalized spacial score (nSPS) is 17.3. The smallest absolute Gasteiger partial charge is 0.423 e. The molecule has 7 nitrogen and oxygen atoms in total. The Morgan fingerprint density at radius 3 is 2.24 bits per heavy atom. The van der Waals surface area contributed by atoms with Gasteiger partial charge in [0.25, 0.3) is 0 Å². The van der Waals surface area contributed by atoms with Crippen LogP contribution in [-0.4, -0.2) is 35.1 Å². The number of hydrazine groups is 1. The number of pyridine rings is 1. The summed E-state index contributed by atoms with van der Waals surface area (Å²) in [4.78, 5) is 17.4. The van der Waals surface area contributed by atoms with Crippen molar-refractivity contribution in [1.82, 2.24) is 14.8 Å². The van der Waals surface area contributed by atoms with Crippen LogP contribution in [0.2, 0.25) is 0 Å². The third-order valence-electron chi connectivity index (χ3n) is 3.50. The second kappa shape index (κ2) is 4.96. The molecule has 8 heteroatoms. The molecule has 0 aromatic carbocycles. The fourth-order valence-corrected chi connectivity index (χ4v) is 4.01. The van der Waals surface area contributed by atoms with E-state index in [0.717, 1.165) is 5.01 Å². The Morgan fingerprint density at radius 1 is 1.33 bits per heavy atom. The average molecular weight is 313 g/mol. The molecule has 2 rings (SSSR count). The maximum Gasteiger partial charge on any atom is 0.423 e. The fourth-order valence-electron chi connectivity index (χ4n) is 2.15. The highest BCUT2D eigenvalue weighted by Gasteiger charge is 2.57. The Morgan fingerprint density at radius 2 is 1.86 bits per heavy atom. The van der Waals surface area contributed by atoms with Gasteiger partial charge in [-0.15, -0.1) is 4.83 Å². The Balaban J connectivity index is 2.33. The molecular formula is C13H19N3O4S. The molecule has 1 heterocycles. The summed E-state index contributed by atoms with van der Waals surface area (Å²) < 4.78 is 24.2. The first-order valence-electron chi connectivity index (χ1n) is 6.56. The number of sulfonamides is 1. The van der Waals surface area contributed by atoms with Gasteiger partial charge in [-0.2, -0.15) is 0 Å². The number of nitrogens with one attached hydrogen (secondary N) is 1. The van der Waals surface area contributed by atoms with Crippen molar-refractivity contribution in [3.63, 3.8) is 0 Å². The van der Waals surface area contributed by atoms with Crippen LogP contribution in [0.25, 0.3) is 0 Å². The molecular weight excluding hydrogens is 294 g/mol. The Labute approximate surface area is 124 Å². The zero-order valence-corrected chi connectivity index (χ0v) is 13.0. The van der Waals surface area contributed by atoms with Crippen LogP contribution < -0.4 is 4.83 Å². The van der Waals surface area contributed by atoms with E-state index < -0.39 is 26.4 Å². The molecule has 0 spiro atoms. The molecule has 0 unspecified atom stereocenters. The molecule has 1 amide bonds. The highest BCUT2D eigenvalue weighted by atomic mass is 32.2. The number of hydrogen-bond donors (Lipinski definition) is 2. The minimum absolute atomic E-state index is 0.462. The van der Waals surface area contributed by atoms with Crippen LogP contribution in [0.3, 0.4) is 0 Å². The zero-order valence-electron chi connectivity index (χ0n) is 12.2. The van der Waals surface area contributed by atoms with Gasteiger partial charge in [0.2, 0.25) is 10.0 Å². The lowest BCUT2D eigenvalue weighted by molar-refractivity contribution is 0.0853. The highest BCUT2D eigenvalue weighted by molar-refractivity contribution is 7.90. The summed E-state index contributed by atoms with van der Waals surface area (Å²) in [7, 11) is -3.86. The summed E-state index contributed by atoms with van der Waals surface area (Å²) in [5.74, 6) is 0. The summed E-state index contributed by atoms with van der Waals surface area (Å²) in [6.07, 6.45) is 2.65. The van der Waals surface area contributed by atoms with E-state index in [1.54, 1.807) is 32.9 Å². The monoisotopic (exact) mass is 313 g/mol. The van der Waals surface area contributed by atoms with Crippen molar-refractivity contribution >= 4 is 16.1 Å². The summed E-state index contributed by atoms with van der Waals surface area (Å²) in [6, 6.07) is 3.29. The quantitative estimate of drug-likeness (QED) is 0.824. The molecule has 0 saturated heterocycles. The summed E-state index contributed by atoms with van der Waals surface area (Å²) in [5, 5.41) is 9.94. The molecule has 1 aromatic heterocycles. The molecule has 1 aromatic rings. The first-order valence-corrected chi connectivity index (χ1v) is 8.04. The first kappa shape index (κ1) is 15.7. The molecule has 2 N–H and O–H groups in total. The van der Waals surface area contributed by atoms with Gasteiger partial charge in [0.05, 0.1) is 5.54 Å². The van der Waals surface area contributed by atoms with Crippen LogP contribution >= 0.6 is 0 Å². The molecule has 1 aliphatic carbocycles. The number of nitrogens with zero attached hydrogens (tertiary/aromatic N) is 2. The Bertz CT molecular complexity index is 633. The van der Waals surface area contributed by atoms with E-state index in [2.05, 4.69) is 9.82 Å². The van der Waals surface area contributed by atoms with Crippen LogP contribution in [0, 0.1) is 0 Å². The predicted octanol–water partition coefficient (Wildman–Crippen LogP) is 1.68. The minimum atomic E-state index is -3.86. The van der Waals surface area contributed by atoms with Crippen molar-refractivity contribution in [2.75, 3.05) is 0 Å². The van der Waals surface area contributed by atoms with E-state index in [0.29, 0.717) is 18.4 Å². The van der Waals surface area contributed by atoms with Gasteiger partial charge in [0.1, 0.15) is 4.75 Å². The highest BCUT2D eigenvalue weighted by Crippen LogP contribution is 2.52. The number of aromatic nitrogens is 1. The minimum Gasteiger partial charge on any atom is -0.464 e. The lowest BCUT2D eigenvalue weighted by atomic mass is 10.1. The molecule has 0 aliphatic heterocycles. The molecule has 21 heavy (non-hydrogen) atoms. The van der Waals surface area contributed by atoms with Crippen LogP contribution in [0.15, 0.2) is 24.5 Å². The molecule has 116 valence electrons. The van der Waals surface area contributed by atoms with Gasteiger partial charge in [0.15, 0.2) is 0 Å². The van der Waals surface area contributed by atoms with Gasteiger partial charge in [-0.05, 0) is 51.3 Å². The topological polar surface area (TPSA) is 99.6 Å². The van der Waals surface area contributed by atoms with E-state index in [9.17, 15) is 18.3 Å².